The van der Waals surface area contributed by atoms with Gasteiger partial charge >= 0.3 is 5.97 Å². The highest BCUT2D eigenvalue weighted by Crippen LogP contribution is 2.60. The number of rotatable bonds is 2. The summed E-state index contributed by atoms with van der Waals surface area (Å²) in [6.07, 6.45) is 4.76. The molecule has 1 spiro atoms. The van der Waals surface area contributed by atoms with Crippen LogP contribution in [0.25, 0.3) is 0 Å². The van der Waals surface area contributed by atoms with Crippen LogP contribution in [0, 0.1) is 11.3 Å². The molecule has 0 atom stereocenters. The maximum atomic E-state index is 11.4. The zero-order valence-corrected chi connectivity index (χ0v) is 10.6. The number of esters is 1. The number of carbonyl (C=O) groups is 1. The minimum atomic E-state index is 0.00116. The minimum Gasteiger partial charge on any atom is -0.469 e. The summed E-state index contributed by atoms with van der Waals surface area (Å²) in [6, 6.07) is 0.788. The van der Waals surface area contributed by atoms with E-state index in [9.17, 15) is 4.79 Å². The van der Waals surface area contributed by atoms with E-state index in [-0.39, 0.29) is 11.9 Å². The number of methoxy groups -OCH3 is 1. The molecule has 3 rings (SSSR count). The lowest BCUT2D eigenvalue weighted by molar-refractivity contribution is -0.163. The predicted octanol–water partition coefficient (Wildman–Crippen LogP) is 0.623. The number of carbonyl (C=O) groups excluding carboxylic acids is 1. The van der Waals surface area contributed by atoms with Crippen molar-refractivity contribution in [2.45, 2.75) is 31.7 Å². The van der Waals surface area contributed by atoms with Gasteiger partial charge in [0, 0.05) is 32.2 Å². The van der Waals surface area contributed by atoms with Gasteiger partial charge in [-0.1, -0.05) is 0 Å². The van der Waals surface area contributed by atoms with Crippen LogP contribution in [-0.4, -0.2) is 50.2 Å². The molecule has 0 aromatic rings. The molecular formula is C13H22N2O2. The third-order valence-corrected chi connectivity index (χ3v) is 4.90. The fraction of sp³-hybridized carbons (Fsp3) is 0.923. The molecule has 4 heteroatoms. The first-order valence-electron chi connectivity index (χ1n) is 6.75. The number of piperazine rings is 1. The van der Waals surface area contributed by atoms with Crippen molar-refractivity contribution in [3.63, 3.8) is 0 Å². The Balaban J connectivity index is 1.44. The summed E-state index contributed by atoms with van der Waals surface area (Å²) in [5, 5.41) is 3.39. The molecule has 0 amide bonds. The maximum absolute atomic E-state index is 11.4. The summed E-state index contributed by atoms with van der Waals surface area (Å²) in [6.45, 7) is 4.66. The maximum Gasteiger partial charge on any atom is 0.308 e. The van der Waals surface area contributed by atoms with Crippen LogP contribution in [0.2, 0.25) is 0 Å². The summed E-state index contributed by atoms with van der Waals surface area (Å²) < 4.78 is 4.80. The van der Waals surface area contributed by atoms with Crippen molar-refractivity contribution in [3.8, 4) is 0 Å². The summed E-state index contributed by atoms with van der Waals surface area (Å²) in [5.74, 6) is 0.199. The number of hydrogen-bond acceptors (Lipinski definition) is 4. The average molecular weight is 238 g/mol. The van der Waals surface area contributed by atoms with Gasteiger partial charge < -0.3 is 10.1 Å². The summed E-state index contributed by atoms with van der Waals surface area (Å²) in [4.78, 5) is 14.0. The highest BCUT2D eigenvalue weighted by Gasteiger charge is 2.56. The van der Waals surface area contributed by atoms with Crippen LogP contribution in [0.5, 0.6) is 0 Å². The van der Waals surface area contributed by atoms with Crippen molar-refractivity contribution in [2.24, 2.45) is 11.3 Å². The number of ether oxygens (including phenoxy) is 1. The molecule has 17 heavy (non-hydrogen) atoms. The Morgan fingerprint density at radius 2 is 1.88 bits per heavy atom. The van der Waals surface area contributed by atoms with Gasteiger partial charge in [-0.05, 0) is 31.1 Å². The summed E-state index contributed by atoms with van der Waals surface area (Å²) >= 11 is 0. The van der Waals surface area contributed by atoms with Crippen LogP contribution in [0.3, 0.4) is 0 Å². The van der Waals surface area contributed by atoms with Crippen molar-refractivity contribution < 1.29 is 9.53 Å². The SMILES string of the molecule is COC(=O)[C@H]1CC2(C1)C[C@H](N1CCNCC1)C2. The van der Waals surface area contributed by atoms with Gasteiger partial charge in [0.2, 0.25) is 0 Å². The lowest BCUT2D eigenvalue weighted by Crippen LogP contribution is -2.60. The second kappa shape index (κ2) is 4.25. The lowest BCUT2D eigenvalue weighted by atomic mass is 9.49. The molecule has 2 aliphatic carbocycles. The Morgan fingerprint density at radius 3 is 2.47 bits per heavy atom. The van der Waals surface area contributed by atoms with E-state index in [4.69, 9.17) is 4.74 Å². The minimum absolute atomic E-state index is 0.00116. The Morgan fingerprint density at radius 1 is 1.24 bits per heavy atom. The third-order valence-electron chi connectivity index (χ3n) is 4.90. The van der Waals surface area contributed by atoms with Gasteiger partial charge in [-0.15, -0.1) is 0 Å². The number of hydrogen-bond donors (Lipinski definition) is 1. The van der Waals surface area contributed by atoms with Gasteiger partial charge in [-0.25, -0.2) is 0 Å². The second-order valence-corrected chi connectivity index (χ2v) is 5.98. The van der Waals surface area contributed by atoms with Crippen LogP contribution in [0.1, 0.15) is 25.7 Å². The molecule has 0 aromatic carbocycles. The highest BCUT2D eigenvalue weighted by atomic mass is 16.5. The molecule has 0 radical (unpaired) electrons. The molecule has 1 saturated heterocycles. The van der Waals surface area contributed by atoms with E-state index in [1.54, 1.807) is 0 Å². The van der Waals surface area contributed by atoms with E-state index in [0.29, 0.717) is 5.41 Å². The molecule has 3 fully saturated rings. The van der Waals surface area contributed by atoms with Crippen LogP contribution in [0.15, 0.2) is 0 Å². The second-order valence-electron chi connectivity index (χ2n) is 5.98. The molecule has 1 heterocycles. The van der Waals surface area contributed by atoms with Crippen LogP contribution < -0.4 is 5.32 Å². The van der Waals surface area contributed by atoms with Crippen LogP contribution >= 0.6 is 0 Å². The van der Waals surface area contributed by atoms with Crippen molar-refractivity contribution in [3.05, 3.63) is 0 Å². The Kier molecular flexibility index (Phi) is 2.87. The van der Waals surface area contributed by atoms with Gasteiger partial charge in [0.1, 0.15) is 0 Å². The van der Waals surface area contributed by atoms with Gasteiger partial charge in [0.05, 0.1) is 13.0 Å². The number of nitrogens with one attached hydrogen (secondary N) is 1. The van der Waals surface area contributed by atoms with E-state index in [1.165, 1.54) is 33.0 Å². The summed E-state index contributed by atoms with van der Waals surface area (Å²) in [5.41, 5.74) is 0.508. The van der Waals surface area contributed by atoms with Crippen molar-refractivity contribution in [1.82, 2.24) is 10.2 Å². The predicted molar refractivity (Wildman–Crippen MR) is 64.6 cm³/mol. The van der Waals surface area contributed by atoms with Crippen LogP contribution in [0.4, 0.5) is 0 Å². The third kappa shape index (κ3) is 1.97. The lowest BCUT2D eigenvalue weighted by Gasteiger charge is -2.59. The average Bonchev–Trinajstić information content (AvgIpc) is 2.26. The highest BCUT2D eigenvalue weighted by molar-refractivity contribution is 5.73. The zero-order valence-electron chi connectivity index (χ0n) is 10.6. The Labute approximate surface area is 103 Å². The standard InChI is InChI=1S/C13H22N2O2/c1-17-12(16)10-6-13(7-10)8-11(9-13)15-4-2-14-3-5-15/h10-11,14H,2-9H2,1H3/t10-,11-,13?. The van der Waals surface area contributed by atoms with Crippen molar-refractivity contribution >= 4 is 5.97 Å². The van der Waals surface area contributed by atoms with Crippen molar-refractivity contribution in [2.75, 3.05) is 33.3 Å². The molecular weight excluding hydrogens is 216 g/mol. The van der Waals surface area contributed by atoms with E-state index >= 15 is 0 Å². The largest absolute Gasteiger partial charge is 0.469 e. The molecule has 96 valence electrons. The Hall–Kier alpha value is -0.610. The molecule has 1 aliphatic heterocycles. The van der Waals surface area contributed by atoms with E-state index in [2.05, 4.69) is 10.2 Å². The topological polar surface area (TPSA) is 41.6 Å². The van der Waals surface area contributed by atoms with E-state index in [0.717, 1.165) is 32.0 Å². The van der Waals surface area contributed by atoms with Crippen LogP contribution in [-0.2, 0) is 9.53 Å². The molecule has 2 saturated carbocycles. The molecule has 0 bridgehead atoms. The monoisotopic (exact) mass is 238 g/mol. The molecule has 0 aromatic heterocycles. The van der Waals surface area contributed by atoms with Gasteiger partial charge in [0.15, 0.2) is 0 Å². The number of nitrogens with zero attached hydrogens (tertiary/aromatic N) is 1. The first kappa shape index (κ1) is 11.5. The molecule has 1 N–H and O–H groups in total. The molecule has 0 unspecified atom stereocenters. The quantitative estimate of drug-likeness (QED) is 0.716. The first-order chi connectivity index (χ1) is 8.22. The fourth-order valence-corrected chi connectivity index (χ4v) is 3.90. The van der Waals surface area contributed by atoms with E-state index in [1.807, 2.05) is 0 Å². The fourth-order valence-electron chi connectivity index (χ4n) is 3.90. The van der Waals surface area contributed by atoms with Gasteiger partial charge in [-0.3, -0.25) is 9.69 Å². The van der Waals surface area contributed by atoms with Gasteiger partial charge in [0.25, 0.3) is 0 Å². The molecule has 3 aliphatic rings. The normalized spacial score (nSPS) is 41.7. The summed E-state index contributed by atoms with van der Waals surface area (Å²) in [7, 11) is 1.50. The smallest absolute Gasteiger partial charge is 0.308 e. The molecule has 4 nitrogen and oxygen atoms in total. The first-order valence-corrected chi connectivity index (χ1v) is 6.75. The van der Waals surface area contributed by atoms with Gasteiger partial charge in [-0.2, -0.15) is 0 Å². The van der Waals surface area contributed by atoms with Crippen molar-refractivity contribution in [1.29, 1.82) is 0 Å². The Bertz CT molecular complexity index is 299. The van der Waals surface area contributed by atoms with E-state index < -0.39 is 0 Å². The zero-order chi connectivity index (χ0) is 11.9.